The van der Waals surface area contributed by atoms with Crippen LogP contribution in [0.4, 0.5) is 5.82 Å². The molecule has 152 valence electrons. The van der Waals surface area contributed by atoms with Gasteiger partial charge in [-0.25, -0.2) is 4.98 Å². The minimum Gasteiger partial charge on any atom is -0.377 e. The number of primary amides is 1. The van der Waals surface area contributed by atoms with Crippen molar-refractivity contribution in [3.63, 3.8) is 0 Å². The second kappa shape index (κ2) is 7.07. The van der Waals surface area contributed by atoms with Gasteiger partial charge in [0.15, 0.2) is 0 Å². The lowest BCUT2D eigenvalue weighted by atomic mass is 9.78. The van der Waals surface area contributed by atoms with Crippen molar-refractivity contribution in [3.8, 4) is 11.4 Å². The fourth-order valence-corrected chi connectivity index (χ4v) is 5.62. The maximum absolute atomic E-state index is 12.7. The first kappa shape index (κ1) is 18.5. The first-order valence-corrected chi connectivity index (χ1v) is 10.8. The van der Waals surface area contributed by atoms with Crippen LogP contribution in [-0.2, 0) is 14.9 Å². The molecule has 1 saturated heterocycles. The summed E-state index contributed by atoms with van der Waals surface area (Å²) in [7, 11) is 0. The van der Waals surface area contributed by atoms with Crippen molar-refractivity contribution in [2.45, 2.75) is 44.1 Å². The normalized spacial score (nSPS) is 21.7. The van der Waals surface area contributed by atoms with Crippen molar-refractivity contribution >= 4 is 33.5 Å². The molecular formula is C20H24N6O2S. The second-order valence-electron chi connectivity index (χ2n) is 7.98. The number of amides is 1. The molecule has 1 amide bonds. The van der Waals surface area contributed by atoms with Crippen LogP contribution in [0.1, 0.15) is 38.2 Å². The summed E-state index contributed by atoms with van der Waals surface area (Å²) in [5.41, 5.74) is 8.71. The minimum atomic E-state index is -0.650. The molecule has 0 aromatic carbocycles. The number of ether oxygens (including phenoxy) is 1. The van der Waals surface area contributed by atoms with E-state index < -0.39 is 5.41 Å². The van der Waals surface area contributed by atoms with Gasteiger partial charge in [0.05, 0.1) is 35.1 Å². The zero-order valence-corrected chi connectivity index (χ0v) is 17.2. The highest BCUT2D eigenvalue weighted by molar-refractivity contribution is 7.13. The molecule has 0 spiro atoms. The summed E-state index contributed by atoms with van der Waals surface area (Å²) in [4.78, 5) is 20.0. The van der Waals surface area contributed by atoms with Crippen molar-refractivity contribution in [2.24, 2.45) is 5.73 Å². The molecule has 3 aromatic rings. The molecule has 1 unspecified atom stereocenters. The standard InChI is InChI=1S/C20H24N6O2S/c1-12-11-28-9-8-26(12)15-10-13(20(19(21)27)5-2-3-6-20)18-17(23-15)16(25-29-18)14-4-7-22-24-14/h4,7,10,12H,2-3,5-6,8-9,11H2,1H3,(H2,21,27)(H,22,24). The van der Waals surface area contributed by atoms with E-state index in [1.165, 1.54) is 11.5 Å². The lowest BCUT2D eigenvalue weighted by Gasteiger charge is -2.35. The molecule has 1 saturated carbocycles. The Morgan fingerprint density at radius 2 is 2.24 bits per heavy atom. The molecular weight excluding hydrogens is 388 g/mol. The Hall–Kier alpha value is -2.52. The molecule has 4 heterocycles. The van der Waals surface area contributed by atoms with E-state index in [2.05, 4.69) is 32.5 Å². The van der Waals surface area contributed by atoms with Gasteiger partial charge in [-0.05, 0) is 49.0 Å². The molecule has 9 heteroatoms. The summed E-state index contributed by atoms with van der Waals surface area (Å²) in [6.45, 7) is 4.21. The quantitative estimate of drug-likeness (QED) is 0.682. The average Bonchev–Trinajstić information content (AvgIpc) is 3.47. The number of nitrogens with two attached hydrogens (primary N) is 1. The van der Waals surface area contributed by atoms with Crippen LogP contribution in [-0.4, -0.2) is 51.3 Å². The van der Waals surface area contributed by atoms with E-state index in [0.29, 0.717) is 13.2 Å². The molecule has 1 aliphatic heterocycles. The maximum atomic E-state index is 12.7. The van der Waals surface area contributed by atoms with Crippen molar-refractivity contribution in [3.05, 3.63) is 23.9 Å². The van der Waals surface area contributed by atoms with Gasteiger partial charge in [-0.1, -0.05) is 12.8 Å². The number of nitrogens with one attached hydrogen (secondary N) is 1. The lowest BCUT2D eigenvalue weighted by Crippen LogP contribution is -2.44. The molecule has 3 N–H and O–H groups in total. The SMILES string of the molecule is CC1COCCN1c1cc(C2(C(N)=O)CCCC2)c2snc(-c3ccn[nH]3)c2n1. The van der Waals surface area contributed by atoms with Crippen LogP contribution >= 0.6 is 11.5 Å². The van der Waals surface area contributed by atoms with Gasteiger partial charge in [-0.2, -0.15) is 9.47 Å². The van der Waals surface area contributed by atoms with Crippen LogP contribution in [0.25, 0.3) is 21.6 Å². The molecule has 1 aliphatic carbocycles. The topological polar surface area (TPSA) is 110 Å². The molecule has 2 fully saturated rings. The van der Waals surface area contributed by atoms with Gasteiger partial charge in [0.2, 0.25) is 5.91 Å². The first-order valence-electron chi connectivity index (χ1n) is 10.0. The molecule has 3 aromatic heterocycles. The van der Waals surface area contributed by atoms with Crippen LogP contribution in [0.3, 0.4) is 0 Å². The predicted octanol–water partition coefficient (Wildman–Crippen LogP) is 2.60. The summed E-state index contributed by atoms with van der Waals surface area (Å²) in [6.07, 6.45) is 5.26. The minimum absolute atomic E-state index is 0.205. The lowest BCUT2D eigenvalue weighted by molar-refractivity contribution is -0.123. The first-order chi connectivity index (χ1) is 14.1. The summed E-state index contributed by atoms with van der Waals surface area (Å²) < 4.78 is 11.2. The number of aromatic nitrogens is 4. The van der Waals surface area contributed by atoms with E-state index >= 15 is 0 Å². The molecule has 5 rings (SSSR count). The van der Waals surface area contributed by atoms with Crippen LogP contribution in [0, 0.1) is 0 Å². The van der Waals surface area contributed by atoms with Crippen LogP contribution in [0.2, 0.25) is 0 Å². The molecule has 29 heavy (non-hydrogen) atoms. The number of aromatic amines is 1. The Kier molecular flexibility index (Phi) is 4.51. The van der Waals surface area contributed by atoms with Gasteiger partial charge in [-0.15, -0.1) is 0 Å². The summed E-state index contributed by atoms with van der Waals surface area (Å²) in [6, 6.07) is 4.17. The van der Waals surface area contributed by atoms with E-state index in [4.69, 9.17) is 15.5 Å². The molecule has 0 radical (unpaired) electrons. The van der Waals surface area contributed by atoms with Gasteiger partial charge in [0.25, 0.3) is 0 Å². The third-order valence-electron chi connectivity index (χ3n) is 6.27. The summed E-state index contributed by atoms with van der Waals surface area (Å²) >= 11 is 1.39. The highest BCUT2D eigenvalue weighted by atomic mass is 32.1. The Balaban J connectivity index is 1.76. The smallest absolute Gasteiger partial charge is 0.228 e. The van der Waals surface area contributed by atoms with Crippen molar-refractivity contribution in [1.82, 2.24) is 19.6 Å². The third kappa shape index (κ3) is 2.91. The Bertz CT molecular complexity index is 1040. The molecule has 2 aliphatic rings. The van der Waals surface area contributed by atoms with Crippen molar-refractivity contribution in [2.75, 3.05) is 24.7 Å². The highest BCUT2D eigenvalue weighted by Crippen LogP contribution is 2.46. The van der Waals surface area contributed by atoms with Crippen LogP contribution in [0.15, 0.2) is 18.3 Å². The number of carbonyl (C=O) groups is 1. The van der Waals surface area contributed by atoms with E-state index in [1.54, 1.807) is 6.20 Å². The molecule has 1 atom stereocenters. The van der Waals surface area contributed by atoms with Gasteiger partial charge in [0, 0.05) is 12.7 Å². The number of hydrogen-bond acceptors (Lipinski definition) is 7. The number of fused-ring (bicyclic) bond motifs is 1. The Labute approximate surface area is 172 Å². The van der Waals surface area contributed by atoms with E-state index in [9.17, 15) is 4.79 Å². The van der Waals surface area contributed by atoms with E-state index in [1.807, 2.05) is 6.07 Å². The Morgan fingerprint density at radius 3 is 2.93 bits per heavy atom. The Morgan fingerprint density at radius 1 is 1.41 bits per heavy atom. The number of carbonyl (C=O) groups excluding carboxylic acids is 1. The van der Waals surface area contributed by atoms with Crippen LogP contribution in [0.5, 0.6) is 0 Å². The zero-order valence-electron chi connectivity index (χ0n) is 16.4. The third-order valence-corrected chi connectivity index (χ3v) is 7.14. The highest BCUT2D eigenvalue weighted by Gasteiger charge is 2.43. The number of rotatable bonds is 4. The van der Waals surface area contributed by atoms with Gasteiger partial charge in [0.1, 0.15) is 17.0 Å². The maximum Gasteiger partial charge on any atom is 0.228 e. The van der Waals surface area contributed by atoms with Gasteiger partial charge in [-0.3, -0.25) is 9.89 Å². The number of hydrogen-bond donors (Lipinski definition) is 2. The van der Waals surface area contributed by atoms with Crippen LogP contribution < -0.4 is 10.6 Å². The number of H-pyrrole nitrogens is 1. The number of nitrogens with zero attached hydrogens (tertiary/aromatic N) is 4. The summed E-state index contributed by atoms with van der Waals surface area (Å²) in [5.74, 6) is 0.608. The van der Waals surface area contributed by atoms with Gasteiger partial charge < -0.3 is 15.4 Å². The second-order valence-corrected chi connectivity index (χ2v) is 8.75. The predicted molar refractivity (Wildman–Crippen MR) is 112 cm³/mol. The van der Waals surface area contributed by atoms with Crippen molar-refractivity contribution in [1.29, 1.82) is 0 Å². The average molecular weight is 413 g/mol. The summed E-state index contributed by atoms with van der Waals surface area (Å²) in [5, 5.41) is 7.05. The zero-order chi connectivity index (χ0) is 20.0. The largest absolute Gasteiger partial charge is 0.377 e. The van der Waals surface area contributed by atoms with E-state index in [-0.39, 0.29) is 11.9 Å². The van der Waals surface area contributed by atoms with Crippen molar-refractivity contribution < 1.29 is 9.53 Å². The number of morpholine rings is 1. The van der Waals surface area contributed by atoms with Gasteiger partial charge >= 0.3 is 0 Å². The monoisotopic (exact) mass is 412 g/mol. The molecule has 0 bridgehead atoms. The number of anilines is 1. The molecule has 8 nitrogen and oxygen atoms in total. The number of pyridine rings is 1. The van der Waals surface area contributed by atoms with E-state index in [0.717, 1.165) is 65.2 Å². The fraction of sp³-hybridized carbons (Fsp3) is 0.500. The fourth-order valence-electron chi connectivity index (χ4n) is 4.67.